The fourth-order valence-corrected chi connectivity index (χ4v) is 6.25. The first-order chi connectivity index (χ1) is 30.1. The van der Waals surface area contributed by atoms with E-state index in [0.29, 0.717) is 45.8 Å². The lowest BCUT2D eigenvalue weighted by Crippen LogP contribution is -2.35. The monoisotopic (exact) mass is 829 g/mol. The molecule has 0 saturated carbocycles. The number of non-ortho nitro benzene ring substituents is 2. The molecule has 0 saturated heterocycles. The molecule has 4 amide bonds. The molecule has 0 spiro atoms. The molecule has 0 atom stereocenters. The Hall–Kier alpha value is -8.59. The second-order valence-electron chi connectivity index (χ2n) is 13.9. The summed E-state index contributed by atoms with van der Waals surface area (Å²) in [6.45, 7) is 0.718. The van der Waals surface area contributed by atoms with Gasteiger partial charge in [0, 0.05) is 48.7 Å². The Balaban J connectivity index is 1.07. The zero-order valence-corrected chi connectivity index (χ0v) is 33.1. The molecule has 0 fully saturated rings. The Labute approximate surface area is 356 Å². The molecule has 0 aliphatic carbocycles. The van der Waals surface area contributed by atoms with Crippen molar-refractivity contribution >= 4 is 34.8 Å². The molecule has 0 aliphatic heterocycles. The van der Waals surface area contributed by atoms with Crippen molar-refractivity contribution in [2.45, 2.75) is 26.2 Å². The fourth-order valence-electron chi connectivity index (χ4n) is 6.25. The third-order valence-electron chi connectivity index (χ3n) is 9.35. The standard InChI is InChI=1S/C47H39N7O8/c55-46(49-36-8-3-1-4-9-36)51(30-34-14-22-42(23-15-34)61-44-26-18-40(19-27-44)53(57)58)32-38-12-7-13-39(48-38)33-52(47(56)50-37-10-5-2-6-11-37)31-35-16-24-43(25-17-35)62-45-28-20-41(21-29-45)54(59)60/h1-29H,30-33H2,(H,49,55)(H,50,56). The van der Waals surface area contributed by atoms with Gasteiger partial charge in [-0.3, -0.25) is 25.2 Å². The number of nitrogens with one attached hydrogen (secondary N) is 2. The van der Waals surface area contributed by atoms with Gasteiger partial charge in [0.25, 0.3) is 11.4 Å². The summed E-state index contributed by atoms with van der Waals surface area (Å²) in [5, 5.41) is 28.0. The van der Waals surface area contributed by atoms with E-state index < -0.39 is 9.85 Å². The van der Waals surface area contributed by atoms with Crippen LogP contribution in [0.1, 0.15) is 22.5 Å². The molecule has 62 heavy (non-hydrogen) atoms. The minimum absolute atomic E-state index is 0.0368. The van der Waals surface area contributed by atoms with E-state index in [1.54, 1.807) is 58.3 Å². The van der Waals surface area contributed by atoms with E-state index >= 15 is 0 Å². The van der Waals surface area contributed by atoms with Crippen molar-refractivity contribution in [2.75, 3.05) is 10.6 Å². The largest absolute Gasteiger partial charge is 0.457 e. The number of hydrogen-bond acceptors (Lipinski definition) is 9. The number of nitro benzene ring substituents is 2. The summed E-state index contributed by atoms with van der Waals surface area (Å²) in [5.41, 5.74) is 4.00. The number of ether oxygens (including phenoxy) is 2. The first-order valence-corrected chi connectivity index (χ1v) is 19.3. The SMILES string of the molecule is O=C(Nc1ccccc1)N(Cc1ccc(Oc2ccc([N+](=O)[O-])cc2)cc1)Cc1cccc(CN(Cc2ccc(Oc3ccc([N+](=O)[O-])cc3)cc2)C(=O)Nc2ccccc2)n1. The number of benzene rings is 6. The predicted molar refractivity (Wildman–Crippen MR) is 233 cm³/mol. The molecule has 2 N–H and O–H groups in total. The number of carbonyl (C=O) groups is 2. The van der Waals surface area contributed by atoms with E-state index in [0.717, 1.165) is 11.1 Å². The molecule has 7 rings (SSSR count). The van der Waals surface area contributed by atoms with E-state index in [1.807, 2.05) is 78.9 Å². The summed E-state index contributed by atoms with van der Waals surface area (Å²) in [7, 11) is 0. The van der Waals surface area contributed by atoms with Crippen molar-refractivity contribution in [1.82, 2.24) is 14.8 Å². The van der Waals surface area contributed by atoms with Gasteiger partial charge in [0.15, 0.2) is 0 Å². The predicted octanol–water partition coefficient (Wildman–Crippen LogP) is 11.0. The van der Waals surface area contributed by atoms with Crippen molar-refractivity contribution in [2.24, 2.45) is 0 Å². The van der Waals surface area contributed by atoms with Crippen LogP contribution in [0.25, 0.3) is 0 Å². The normalized spacial score (nSPS) is 10.6. The van der Waals surface area contributed by atoms with Crippen LogP contribution in [-0.4, -0.2) is 36.7 Å². The highest BCUT2D eigenvalue weighted by molar-refractivity contribution is 5.90. The van der Waals surface area contributed by atoms with Crippen LogP contribution in [0, 0.1) is 20.2 Å². The van der Waals surface area contributed by atoms with Gasteiger partial charge in [0.1, 0.15) is 23.0 Å². The Morgan fingerprint density at radius 2 is 0.790 bits per heavy atom. The van der Waals surface area contributed by atoms with E-state index in [9.17, 15) is 29.8 Å². The topological polar surface area (TPSA) is 182 Å². The van der Waals surface area contributed by atoms with E-state index in [-0.39, 0.29) is 49.6 Å². The zero-order chi connectivity index (χ0) is 43.3. The molecular formula is C47H39N7O8. The molecule has 0 radical (unpaired) electrons. The van der Waals surface area contributed by atoms with Crippen LogP contribution >= 0.6 is 0 Å². The van der Waals surface area contributed by atoms with Crippen LogP contribution in [0.5, 0.6) is 23.0 Å². The average Bonchev–Trinajstić information content (AvgIpc) is 3.28. The maximum atomic E-state index is 13.8. The number of urea groups is 2. The number of aromatic nitrogens is 1. The minimum atomic E-state index is -0.474. The third-order valence-corrected chi connectivity index (χ3v) is 9.35. The van der Waals surface area contributed by atoms with E-state index in [1.165, 1.54) is 48.5 Å². The maximum Gasteiger partial charge on any atom is 0.322 e. The highest BCUT2D eigenvalue weighted by atomic mass is 16.6. The maximum absolute atomic E-state index is 13.8. The minimum Gasteiger partial charge on any atom is -0.457 e. The van der Waals surface area contributed by atoms with Crippen molar-refractivity contribution < 1.29 is 28.9 Å². The van der Waals surface area contributed by atoms with Crippen LogP contribution in [0.2, 0.25) is 0 Å². The number of amides is 4. The molecule has 15 nitrogen and oxygen atoms in total. The Bertz CT molecular complexity index is 2440. The van der Waals surface area contributed by atoms with Gasteiger partial charge in [-0.25, -0.2) is 9.59 Å². The molecule has 6 aromatic carbocycles. The summed E-state index contributed by atoms with van der Waals surface area (Å²) in [6.07, 6.45) is 0. The second kappa shape index (κ2) is 19.9. The lowest BCUT2D eigenvalue weighted by molar-refractivity contribution is -0.385. The lowest BCUT2D eigenvalue weighted by atomic mass is 10.2. The van der Waals surface area contributed by atoms with Gasteiger partial charge in [-0.2, -0.15) is 0 Å². The fraction of sp³-hybridized carbons (Fsp3) is 0.0851. The summed E-state index contributed by atoms with van der Waals surface area (Å²) in [4.78, 5) is 56.9. The molecule has 310 valence electrons. The zero-order valence-electron chi connectivity index (χ0n) is 33.1. The number of rotatable bonds is 16. The Morgan fingerprint density at radius 1 is 0.452 bits per heavy atom. The van der Waals surface area contributed by atoms with Crippen molar-refractivity contribution in [3.05, 3.63) is 219 Å². The first kappa shape index (κ1) is 41.6. The quantitative estimate of drug-likeness (QED) is 0.0707. The van der Waals surface area contributed by atoms with Crippen molar-refractivity contribution in [3.63, 3.8) is 0 Å². The number of anilines is 2. The van der Waals surface area contributed by atoms with E-state index in [2.05, 4.69) is 10.6 Å². The Morgan fingerprint density at radius 3 is 1.13 bits per heavy atom. The summed E-state index contributed by atoms with van der Waals surface area (Å²) in [6, 6.07) is 49.0. The number of pyridine rings is 1. The average molecular weight is 830 g/mol. The van der Waals surface area contributed by atoms with E-state index in [4.69, 9.17) is 14.5 Å². The first-order valence-electron chi connectivity index (χ1n) is 19.3. The lowest BCUT2D eigenvalue weighted by Gasteiger charge is -2.25. The van der Waals surface area contributed by atoms with Gasteiger partial charge in [0.05, 0.1) is 34.3 Å². The molecule has 1 heterocycles. The van der Waals surface area contributed by atoms with Crippen LogP contribution in [0.3, 0.4) is 0 Å². The van der Waals surface area contributed by atoms with Crippen LogP contribution in [0.15, 0.2) is 176 Å². The highest BCUT2D eigenvalue weighted by Crippen LogP contribution is 2.27. The van der Waals surface area contributed by atoms with Gasteiger partial charge in [-0.1, -0.05) is 66.7 Å². The molecular weight excluding hydrogens is 791 g/mol. The Kier molecular flexibility index (Phi) is 13.3. The van der Waals surface area contributed by atoms with Gasteiger partial charge in [-0.05, 0) is 96.1 Å². The number of nitro groups is 2. The molecule has 1 aromatic heterocycles. The number of carbonyl (C=O) groups excluding carboxylic acids is 2. The second-order valence-corrected chi connectivity index (χ2v) is 13.9. The van der Waals surface area contributed by atoms with Gasteiger partial charge in [0.2, 0.25) is 0 Å². The van der Waals surface area contributed by atoms with Crippen LogP contribution < -0.4 is 20.1 Å². The van der Waals surface area contributed by atoms with Crippen molar-refractivity contribution in [3.8, 4) is 23.0 Å². The van der Waals surface area contributed by atoms with Crippen LogP contribution in [0.4, 0.5) is 32.3 Å². The summed E-state index contributed by atoms with van der Waals surface area (Å²) < 4.78 is 11.8. The molecule has 15 heteroatoms. The highest BCUT2D eigenvalue weighted by Gasteiger charge is 2.19. The molecule has 0 aliphatic rings. The van der Waals surface area contributed by atoms with Gasteiger partial charge in [-0.15, -0.1) is 0 Å². The molecule has 7 aromatic rings. The third kappa shape index (κ3) is 11.8. The number of nitrogens with zero attached hydrogens (tertiary/aromatic N) is 5. The summed E-state index contributed by atoms with van der Waals surface area (Å²) >= 11 is 0. The number of para-hydroxylation sites is 2. The molecule has 0 unspecified atom stereocenters. The molecule has 0 bridgehead atoms. The smallest absolute Gasteiger partial charge is 0.322 e. The van der Waals surface area contributed by atoms with Crippen LogP contribution in [-0.2, 0) is 26.2 Å². The van der Waals surface area contributed by atoms with Crippen molar-refractivity contribution in [1.29, 1.82) is 0 Å². The summed E-state index contributed by atoms with van der Waals surface area (Å²) in [5.74, 6) is 1.92. The van der Waals surface area contributed by atoms with Gasteiger partial charge < -0.3 is 29.9 Å². The number of hydrogen-bond donors (Lipinski definition) is 2. The van der Waals surface area contributed by atoms with Gasteiger partial charge >= 0.3 is 12.1 Å².